The summed E-state index contributed by atoms with van der Waals surface area (Å²) in [6.07, 6.45) is 0. The smallest absolute Gasteiger partial charge is 0.138 e. The number of piperazine rings is 1. The minimum absolute atomic E-state index is 0. The predicted molar refractivity (Wildman–Crippen MR) is 453 cm³/mol. The molecular weight excluding hydrogens is 1430 g/mol. The average Bonchev–Trinajstić information content (AvgIpc) is 1.65. The topological polar surface area (TPSA) is 39.7 Å². The van der Waals surface area contributed by atoms with Crippen LogP contribution in [-0.4, -0.2) is 36.9 Å². The molecule has 4 nitrogen and oxygen atoms in total. The Morgan fingerprint density at radius 1 is 0.231 bits per heavy atom. The molecule has 2 aliphatic heterocycles. The van der Waals surface area contributed by atoms with Crippen molar-refractivity contribution in [2.24, 2.45) is 4.99 Å². The molecule has 15 aromatic rings. The van der Waals surface area contributed by atoms with Crippen LogP contribution >= 0.6 is 31.7 Å². The summed E-state index contributed by atoms with van der Waals surface area (Å²) in [4.78, 5) is 7.53. The second kappa shape index (κ2) is 39.5. The van der Waals surface area contributed by atoms with Gasteiger partial charge in [0.25, 0.3) is 0 Å². The van der Waals surface area contributed by atoms with Gasteiger partial charge in [0.15, 0.2) is 0 Å². The molecule has 17 rings (SSSR count). The van der Waals surface area contributed by atoms with Crippen molar-refractivity contribution in [3.05, 3.63) is 442 Å². The number of hydrogen-bond donors (Lipinski definition) is 2. The molecule has 0 spiro atoms. The number of fused-ring (bicyclic) bond motifs is 2. The first-order chi connectivity index (χ1) is 51.2. The normalized spacial score (nSPS) is 11.8. The summed E-state index contributed by atoms with van der Waals surface area (Å²) in [6.45, 7) is 3.93. The quantitative estimate of drug-likeness (QED) is 0.0893. The summed E-state index contributed by atoms with van der Waals surface area (Å²) in [7, 11) is -1.78. The van der Waals surface area contributed by atoms with Gasteiger partial charge in [-0.2, -0.15) is 0 Å². The van der Waals surface area contributed by atoms with Crippen LogP contribution < -0.4 is 74.3 Å². The molecule has 0 radical (unpaired) electrons. The second-order valence-electron chi connectivity index (χ2n) is 24.3. The predicted octanol–water partition coefficient (Wildman–Crippen LogP) is 18.2. The minimum atomic E-state index is -0.446. The molecule has 104 heavy (non-hydrogen) atoms. The molecule has 0 aromatic heterocycles. The summed E-state index contributed by atoms with van der Waals surface area (Å²) in [5, 5.41) is 23.8. The third-order valence-electron chi connectivity index (χ3n) is 17.4. The molecule has 0 saturated carbocycles. The first-order valence-electron chi connectivity index (χ1n) is 35.1. The van der Waals surface area contributed by atoms with Gasteiger partial charge in [0.1, 0.15) is 5.84 Å². The van der Waals surface area contributed by atoms with Crippen molar-refractivity contribution in [1.82, 2.24) is 10.2 Å². The van der Waals surface area contributed by atoms with E-state index in [1.54, 1.807) is 0 Å². The van der Waals surface area contributed by atoms with E-state index in [9.17, 15) is 0 Å². The van der Waals surface area contributed by atoms with E-state index in [2.05, 4.69) is 446 Å². The van der Waals surface area contributed by atoms with Crippen LogP contribution in [0.5, 0.6) is 0 Å². The number of nitrogens with one attached hydrogen (secondary N) is 2. The van der Waals surface area contributed by atoms with Crippen molar-refractivity contribution in [3.8, 4) is 11.1 Å². The molecule has 9 heteroatoms. The number of para-hydroxylation sites is 1. The first kappa shape index (κ1) is 73.7. The molecular formula is C95H82N4P4Pd. The van der Waals surface area contributed by atoms with Gasteiger partial charge in [-0.1, -0.05) is 413 Å². The number of hydrogen-bond acceptors (Lipinski definition) is 4. The Morgan fingerprint density at radius 3 is 0.721 bits per heavy atom. The Balaban J connectivity index is 0.000000123. The summed E-state index contributed by atoms with van der Waals surface area (Å²) in [5.74, 6) is 1.06. The van der Waals surface area contributed by atoms with E-state index in [-0.39, 0.29) is 20.4 Å². The van der Waals surface area contributed by atoms with Crippen LogP contribution in [0.15, 0.2) is 442 Å². The van der Waals surface area contributed by atoms with Crippen molar-refractivity contribution in [3.63, 3.8) is 0 Å². The maximum absolute atomic E-state index is 5.14. The maximum Gasteiger partial charge on any atom is 0.138 e. The molecule has 2 N–H and O–H groups in total. The zero-order chi connectivity index (χ0) is 69.7. The van der Waals surface area contributed by atoms with E-state index in [0.29, 0.717) is 0 Å². The molecule has 0 aliphatic carbocycles. The molecule has 0 atom stereocenters. The van der Waals surface area contributed by atoms with Crippen LogP contribution in [0.25, 0.3) is 11.1 Å². The Labute approximate surface area is 634 Å². The van der Waals surface area contributed by atoms with Gasteiger partial charge in [-0.25, -0.2) is 4.99 Å². The van der Waals surface area contributed by atoms with Gasteiger partial charge in [0, 0.05) is 57.9 Å². The number of anilines is 2. The van der Waals surface area contributed by atoms with Crippen molar-refractivity contribution < 1.29 is 20.4 Å². The van der Waals surface area contributed by atoms with Gasteiger partial charge in [0.2, 0.25) is 0 Å². The SMILES string of the molecule is [Pd].c1ccc(-c2ccc3c(c2)N=C(N2CCNCC2)c2ccccc2N3)cc1.c1ccc(P(c2ccccc2)c2ccccc2)cc1.c1ccc(P(c2ccccc2)c2ccccc2)cc1.c1ccc(P(c2ccccc2)c2ccccc2)cc1.c1ccc(P(c2ccccc2)c2ccccc2)cc1. The maximum atomic E-state index is 5.14. The summed E-state index contributed by atoms with van der Waals surface area (Å²) < 4.78 is 0. The van der Waals surface area contributed by atoms with Gasteiger partial charge in [-0.15, -0.1) is 0 Å². The Morgan fingerprint density at radius 2 is 0.462 bits per heavy atom. The third kappa shape index (κ3) is 20.2. The van der Waals surface area contributed by atoms with E-state index in [0.717, 1.165) is 54.6 Å². The van der Waals surface area contributed by atoms with Crippen molar-refractivity contribution in [1.29, 1.82) is 0 Å². The minimum Gasteiger partial charge on any atom is -0.353 e. The van der Waals surface area contributed by atoms with Gasteiger partial charge < -0.3 is 15.5 Å². The molecule has 0 bridgehead atoms. The zero-order valence-corrected chi connectivity index (χ0v) is 63.0. The number of benzene rings is 15. The van der Waals surface area contributed by atoms with Gasteiger partial charge >= 0.3 is 0 Å². The Kier molecular flexibility index (Phi) is 28.0. The fourth-order valence-corrected chi connectivity index (χ4v) is 21.7. The summed E-state index contributed by atoms with van der Waals surface area (Å²) in [6, 6.07) is 155. The standard InChI is InChI=1S/C23H22N4.4C18H15P.Pd/c1-2-6-17(7-3-1)18-10-11-21-22(16-18)26-23(27-14-12-24-13-15-27)19-8-4-5-9-20(19)25-21;4*1-4-10-16(11-5-1)19(17-12-6-2-7-13-17)18-14-8-3-9-15-18;/h1-11,16,24-25H,12-15H2;4*1-15H;. The van der Waals surface area contributed by atoms with E-state index >= 15 is 0 Å². The fourth-order valence-electron chi connectivity index (χ4n) is 12.5. The van der Waals surface area contributed by atoms with Crippen LogP contribution in [0.3, 0.4) is 0 Å². The molecule has 0 amide bonds. The van der Waals surface area contributed by atoms with Crippen molar-refractivity contribution >= 4 is 118 Å². The van der Waals surface area contributed by atoms with Gasteiger partial charge in [0.05, 0.1) is 11.4 Å². The number of rotatable bonds is 13. The Bertz CT molecular complexity index is 4100. The number of amidine groups is 1. The summed E-state index contributed by atoms with van der Waals surface area (Å²) in [5.41, 5.74) is 6.71. The molecule has 2 aliphatic rings. The van der Waals surface area contributed by atoms with Crippen LogP contribution in [0.2, 0.25) is 0 Å². The van der Waals surface area contributed by atoms with E-state index in [4.69, 9.17) is 4.99 Å². The van der Waals surface area contributed by atoms with Gasteiger partial charge in [-0.05, 0) is 131 Å². The number of nitrogens with zero attached hydrogens (tertiary/aromatic N) is 2. The van der Waals surface area contributed by atoms with Crippen LogP contribution in [-0.2, 0) is 20.4 Å². The van der Waals surface area contributed by atoms with Crippen molar-refractivity contribution in [2.75, 3.05) is 31.5 Å². The average molecular weight is 1510 g/mol. The molecule has 1 saturated heterocycles. The summed E-state index contributed by atoms with van der Waals surface area (Å²) >= 11 is 0. The number of aliphatic imine (C=N–C) groups is 1. The van der Waals surface area contributed by atoms with Crippen molar-refractivity contribution in [2.45, 2.75) is 0 Å². The Hall–Kier alpha value is -10.1. The molecule has 2 heterocycles. The molecule has 1 fully saturated rings. The molecule has 15 aromatic carbocycles. The zero-order valence-electron chi connectivity index (χ0n) is 57.9. The first-order valence-corrected chi connectivity index (χ1v) is 40.5. The van der Waals surface area contributed by atoms with Gasteiger partial charge in [-0.3, -0.25) is 0 Å². The third-order valence-corrected chi connectivity index (χ3v) is 27.1. The van der Waals surface area contributed by atoms with Crippen LogP contribution in [0.4, 0.5) is 17.1 Å². The molecule has 0 unspecified atom stereocenters. The van der Waals surface area contributed by atoms with E-state index in [1.807, 2.05) is 6.07 Å². The van der Waals surface area contributed by atoms with E-state index in [1.165, 1.54) is 74.8 Å². The fraction of sp³-hybridized carbons (Fsp3) is 0.0421. The van der Waals surface area contributed by atoms with E-state index < -0.39 is 31.7 Å². The monoisotopic (exact) mass is 1510 g/mol. The second-order valence-corrected chi connectivity index (χ2v) is 33.2. The largest absolute Gasteiger partial charge is 0.353 e. The van der Waals surface area contributed by atoms with Crippen LogP contribution in [0, 0.1) is 0 Å². The van der Waals surface area contributed by atoms with Crippen LogP contribution in [0.1, 0.15) is 5.56 Å². The molecule has 512 valence electrons.